The molecule has 0 amide bonds. The van der Waals surface area contributed by atoms with Crippen LogP contribution < -0.4 is 11.3 Å². The second-order valence-corrected chi connectivity index (χ2v) is 4.86. The number of anilines is 1. The van der Waals surface area contributed by atoms with Crippen molar-refractivity contribution >= 4 is 29.2 Å². The van der Waals surface area contributed by atoms with E-state index in [0.29, 0.717) is 16.6 Å². The van der Waals surface area contributed by atoms with E-state index < -0.39 is 0 Å². The Labute approximate surface area is 108 Å². The van der Waals surface area contributed by atoms with Crippen LogP contribution in [0.25, 0.3) is 0 Å². The van der Waals surface area contributed by atoms with Gasteiger partial charge in [-0.1, -0.05) is 11.6 Å². The molecule has 0 radical (unpaired) electrons. The van der Waals surface area contributed by atoms with Gasteiger partial charge in [0.2, 0.25) is 0 Å². The van der Waals surface area contributed by atoms with Crippen LogP contribution in [-0.2, 0) is 12.8 Å². The first-order valence-corrected chi connectivity index (χ1v) is 6.29. The summed E-state index contributed by atoms with van der Waals surface area (Å²) in [6.45, 7) is 0. The molecule has 5 nitrogen and oxygen atoms in total. The minimum absolute atomic E-state index is 0.608. The predicted octanol–water partition coefficient (Wildman–Crippen LogP) is 2.05. The van der Waals surface area contributed by atoms with Crippen LogP contribution in [0.4, 0.5) is 5.82 Å². The third-order valence-electron chi connectivity index (χ3n) is 2.12. The van der Waals surface area contributed by atoms with Gasteiger partial charge in [0.25, 0.3) is 0 Å². The van der Waals surface area contributed by atoms with E-state index in [1.165, 1.54) is 0 Å². The van der Waals surface area contributed by atoms with Crippen molar-refractivity contribution in [2.24, 2.45) is 12.9 Å². The number of aryl methyl sites for hydroxylation is 1. The van der Waals surface area contributed by atoms with Crippen LogP contribution >= 0.6 is 23.4 Å². The maximum atomic E-state index is 6.06. The zero-order chi connectivity index (χ0) is 12.3. The molecule has 90 valence electrons. The van der Waals surface area contributed by atoms with Crippen molar-refractivity contribution in [2.75, 3.05) is 5.43 Å². The first-order valence-electron chi connectivity index (χ1n) is 4.92. The second-order valence-electron chi connectivity index (χ2n) is 3.41. The SMILES string of the molecule is Cn1cc(SCc2nc(NN)ccc2Cl)cn1. The van der Waals surface area contributed by atoms with Crippen LogP contribution in [0.15, 0.2) is 29.4 Å². The third-order valence-corrected chi connectivity index (χ3v) is 3.43. The van der Waals surface area contributed by atoms with Gasteiger partial charge in [0.15, 0.2) is 0 Å². The van der Waals surface area contributed by atoms with E-state index in [9.17, 15) is 0 Å². The number of hydrazine groups is 1. The lowest BCUT2D eigenvalue weighted by Crippen LogP contribution is -2.09. The lowest BCUT2D eigenvalue weighted by molar-refractivity contribution is 0.766. The van der Waals surface area contributed by atoms with Gasteiger partial charge >= 0.3 is 0 Å². The van der Waals surface area contributed by atoms with E-state index in [2.05, 4.69) is 15.5 Å². The van der Waals surface area contributed by atoms with Crippen LogP contribution in [0.2, 0.25) is 5.02 Å². The van der Waals surface area contributed by atoms with Gasteiger partial charge in [-0.05, 0) is 12.1 Å². The van der Waals surface area contributed by atoms with Gasteiger partial charge in [-0.15, -0.1) is 11.8 Å². The number of hydrogen-bond donors (Lipinski definition) is 2. The molecule has 2 aromatic heterocycles. The molecular formula is C10H12ClN5S. The Morgan fingerprint density at radius 2 is 2.35 bits per heavy atom. The molecule has 2 heterocycles. The fourth-order valence-electron chi connectivity index (χ4n) is 1.29. The molecule has 0 spiro atoms. The molecule has 2 rings (SSSR count). The molecule has 0 unspecified atom stereocenters. The van der Waals surface area contributed by atoms with Crippen molar-refractivity contribution in [1.82, 2.24) is 14.8 Å². The van der Waals surface area contributed by atoms with Crippen molar-refractivity contribution in [3.05, 3.63) is 35.2 Å². The Hall–Kier alpha value is -1.24. The molecule has 0 saturated heterocycles. The monoisotopic (exact) mass is 269 g/mol. The second kappa shape index (κ2) is 5.39. The average molecular weight is 270 g/mol. The lowest BCUT2D eigenvalue weighted by atomic mass is 10.4. The molecule has 0 bridgehead atoms. The zero-order valence-corrected chi connectivity index (χ0v) is 10.8. The highest BCUT2D eigenvalue weighted by atomic mass is 35.5. The van der Waals surface area contributed by atoms with Crippen LogP contribution in [0.5, 0.6) is 0 Å². The molecular weight excluding hydrogens is 258 g/mol. The topological polar surface area (TPSA) is 68.8 Å². The van der Waals surface area contributed by atoms with Crippen molar-refractivity contribution in [1.29, 1.82) is 0 Å². The molecule has 0 aliphatic rings. The summed E-state index contributed by atoms with van der Waals surface area (Å²) in [5.41, 5.74) is 3.30. The van der Waals surface area contributed by atoms with E-state index in [1.54, 1.807) is 28.6 Å². The van der Waals surface area contributed by atoms with Gasteiger partial charge in [0, 0.05) is 23.9 Å². The molecule has 17 heavy (non-hydrogen) atoms. The number of nitrogens with one attached hydrogen (secondary N) is 1. The Bertz CT molecular complexity index is 513. The molecule has 0 aliphatic carbocycles. The largest absolute Gasteiger partial charge is 0.308 e. The summed E-state index contributed by atoms with van der Waals surface area (Å²) in [7, 11) is 1.88. The molecule has 2 aromatic rings. The van der Waals surface area contributed by atoms with E-state index in [1.807, 2.05) is 19.4 Å². The van der Waals surface area contributed by atoms with E-state index in [4.69, 9.17) is 17.4 Å². The Morgan fingerprint density at radius 3 is 3.00 bits per heavy atom. The van der Waals surface area contributed by atoms with Crippen molar-refractivity contribution < 1.29 is 0 Å². The van der Waals surface area contributed by atoms with Gasteiger partial charge < -0.3 is 5.43 Å². The molecule has 0 aliphatic heterocycles. The van der Waals surface area contributed by atoms with Crippen molar-refractivity contribution in [3.8, 4) is 0 Å². The van der Waals surface area contributed by atoms with Gasteiger partial charge in [-0.25, -0.2) is 10.8 Å². The fraction of sp³-hybridized carbons (Fsp3) is 0.200. The van der Waals surface area contributed by atoms with E-state index in [-0.39, 0.29) is 0 Å². The van der Waals surface area contributed by atoms with E-state index in [0.717, 1.165) is 10.6 Å². The number of thioether (sulfide) groups is 1. The smallest absolute Gasteiger partial charge is 0.140 e. The Morgan fingerprint density at radius 1 is 1.53 bits per heavy atom. The highest BCUT2D eigenvalue weighted by Gasteiger charge is 2.05. The van der Waals surface area contributed by atoms with Crippen molar-refractivity contribution in [3.63, 3.8) is 0 Å². The molecule has 0 aromatic carbocycles. The summed E-state index contributed by atoms with van der Waals surface area (Å²) in [5, 5.41) is 4.73. The molecule has 0 atom stereocenters. The van der Waals surface area contributed by atoms with Gasteiger partial charge in [0.05, 0.1) is 16.9 Å². The predicted molar refractivity (Wildman–Crippen MR) is 69.8 cm³/mol. The Balaban J connectivity index is 2.07. The molecule has 0 fully saturated rings. The zero-order valence-electron chi connectivity index (χ0n) is 9.22. The van der Waals surface area contributed by atoms with Crippen molar-refractivity contribution in [2.45, 2.75) is 10.6 Å². The minimum atomic E-state index is 0.608. The molecule has 0 saturated carbocycles. The van der Waals surface area contributed by atoms with Crippen LogP contribution in [-0.4, -0.2) is 14.8 Å². The lowest BCUT2D eigenvalue weighted by Gasteiger charge is -2.05. The number of nitrogens with two attached hydrogens (primary N) is 1. The fourth-order valence-corrected chi connectivity index (χ4v) is 2.41. The summed E-state index contributed by atoms with van der Waals surface area (Å²) in [6.07, 6.45) is 3.76. The normalized spacial score (nSPS) is 10.5. The highest BCUT2D eigenvalue weighted by molar-refractivity contribution is 7.98. The Kier molecular flexibility index (Phi) is 3.88. The van der Waals surface area contributed by atoms with E-state index >= 15 is 0 Å². The molecule has 3 N–H and O–H groups in total. The maximum Gasteiger partial charge on any atom is 0.140 e. The standard InChI is InChI=1S/C10H12ClN5S/c1-16-5-7(4-13-16)17-6-9-8(11)2-3-10(14-9)15-12/h2-5H,6,12H2,1H3,(H,14,15). The maximum absolute atomic E-state index is 6.06. The van der Waals surface area contributed by atoms with Crippen LogP contribution in [0.1, 0.15) is 5.69 Å². The highest BCUT2D eigenvalue weighted by Crippen LogP contribution is 2.25. The number of nitrogen functional groups attached to an aromatic ring is 1. The summed E-state index contributed by atoms with van der Waals surface area (Å²) in [6, 6.07) is 3.52. The van der Waals surface area contributed by atoms with Gasteiger partial charge in [-0.3, -0.25) is 4.68 Å². The quantitative estimate of drug-likeness (QED) is 0.505. The van der Waals surface area contributed by atoms with Crippen LogP contribution in [0, 0.1) is 0 Å². The summed E-state index contributed by atoms with van der Waals surface area (Å²) < 4.78 is 1.76. The summed E-state index contributed by atoms with van der Waals surface area (Å²) in [5.74, 6) is 6.59. The summed E-state index contributed by atoms with van der Waals surface area (Å²) >= 11 is 7.69. The average Bonchev–Trinajstić information content (AvgIpc) is 2.74. The van der Waals surface area contributed by atoms with Crippen LogP contribution in [0.3, 0.4) is 0 Å². The number of rotatable bonds is 4. The minimum Gasteiger partial charge on any atom is -0.308 e. The summed E-state index contributed by atoms with van der Waals surface area (Å²) in [4.78, 5) is 5.38. The molecule has 7 heteroatoms. The third kappa shape index (κ3) is 3.12. The first-order chi connectivity index (χ1) is 8.19. The van der Waals surface area contributed by atoms with Gasteiger partial charge in [0.1, 0.15) is 5.82 Å². The first kappa shape index (κ1) is 12.2. The number of nitrogens with zero attached hydrogens (tertiary/aromatic N) is 3. The number of hydrogen-bond acceptors (Lipinski definition) is 5. The number of pyridine rings is 1. The number of aromatic nitrogens is 3. The van der Waals surface area contributed by atoms with Gasteiger partial charge in [-0.2, -0.15) is 5.10 Å². The number of halogens is 1.